The molecule has 1 aromatic rings. The summed E-state index contributed by atoms with van der Waals surface area (Å²) >= 11 is 0. The summed E-state index contributed by atoms with van der Waals surface area (Å²) in [4.78, 5) is 12.1. The van der Waals surface area contributed by atoms with Crippen molar-refractivity contribution >= 4 is 11.7 Å². The molecule has 0 amide bonds. The van der Waals surface area contributed by atoms with E-state index in [1.165, 1.54) is 19.3 Å². The second-order valence-electron chi connectivity index (χ2n) is 8.21. The van der Waals surface area contributed by atoms with Crippen molar-refractivity contribution in [1.29, 1.82) is 0 Å². The van der Waals surface area contributed by atoms with Gasteiger partial charge < -0.3 is 24.6 Å². The van der Waals surface area contributed by atoms with E-state index in [-0.39, 0.29) is 5.60 Å². The molecule has 1 unspecified atom stereocenters. The molecule has 1 aliphatic heterocycles. The molecule has 1 heterocycles. The number of fused-ring (bicyclic) bond motifs is 1. The normalized spacial score (nSPS) is 40.3. The van der Waals surface area contributed by atoms with Gasteiger partial charge in [0.25, 0.3) is 0 Å². The number of nitrogens with one attached hydrogen (secondary N) is 1. The number of hydrogen-bond donors (Lipinski definition) is 2. The summed E-state index contributed by atoms with van der Waals surface area (Å²) in [6.07, 6.45) is 6.65. The Morgan fingerprint density at radius 1 is 1.20 bits per heavy atom. The molecule has 4 aliphatic carbocycles. The molecular weight excluding hydrogens is 322 g/mol. The summed E-state index contributed by atoms with van der Waals surface area (Å²) in [7, 11) is 1.57. The van der Waals surface area contributed by atoms with Crippen molar-refractivity contribution in [2.45, 2.75) is 50.0 Å². The first kappa shape index (κ1) is 15.3. The maximum absolute atomic E-state index is 12.1. The molecule has 2 N–H and O–H groups in total. The van der Waals surface area contributed by atoms with Gasteiger partial charge >= 0.3 is 11.9 Å². The molecule has 6 nitrogen and oxygen atoms in total. The van der Waals surface area contributed by atoms with Crippen molar-refractivity contribution < 1.29 is 24.1 Å². The summed E-state index contributed by atoms with van der Waals surface area (Å²) in [6.45, 7) is 0. The Hall–Kier alpha value is -1.95. The molecule has 6 heteroatoms. The number of carboxylic acids is 1. The number of carboxylic acid groups (broad SMARTS) is 1. The van der Waals surface area contributed by atoms with Gasteiger partial charge in [0.15, 0.2) is 5.75 Å². The van der Waals surface area contributed by atoms with Gasteiger partial charge in [-0.1, -0.05) is 0 Å². The zero-order chi connectivity index (χ0) is 17.2. The molecule has 6 rings (SSSR count). The third kappa shape index (κ3) is 2.30. The van der Waals surface area contributed by atoms with Crippen LogP contribution in [0.5, 0.6) is 11.5 Å². The number of methoxy groups -OCH3 is 1. The lowest BCUT2D eigenvalue weighted by Crippen LogP contribution is -2.61. The van der Waals surface area contributed by atoms with E-state index in [0.29, 0.717) is 34.9 Å². The van der Waals surface area contributed by atoms with Crippen LogP contribution in [-0.2, 0) is 9.53 Å². The largest absolute Gasteiger partial charge is 0.497 e. The smallest absolute Gasteiger partial charge is 0.401 e. The fraction of sp³-hybridized carbons (Fsp3) is 0.632. The number of benzene rings is 1. The minimum Gasteiger partial charge on any atom is -0.497 e. The number of aliphatic carboxylic acids is 1. The van der Waals surface area contributed by atoms with Gasteiger partial charge in [0.2, 0.25) is 0 Å². The van der Waals surface area contributed by atoms with Gasteiger partial charge in [0.05, 0.1) is 18.4 Å². The first-order valence-corrected chi connectivity index (χ1v) is 9.08. The zero-order valence-corrected chi connectivity index (χ0v) is 14.3. The van der Waals surface area contributed by atoms with E-state index in [4.69, 9.17) is 14.2 Å². The van der Waals surface area contributed by atoms with Crippen molar-refractivity contribution in [1.82, 2.24) is 0 Å². The molecular formula is C19H23NO5. The number of ether oxygens (including phenoxy) is 3. The van der Waals surface area contributed by atoms with Gasteiger partial charge in [-0.2, -0.15) is 0 Å². The topological polar surface area (TPSA) is 77.0 Å². The number of carbonyl (C=O) groups is 1. The lowest BCUT2D eigenvalue weighted by molar-refractivity contribution is -0.270. The zero-order valence-electron chi connectivity index (χ0n) is 14.3. The summed E-state index contributed by atoms with van der Waals surface area (Å²) in [5.41, 5.74) is 0.236. The summed E-state index contributed by atoms with van der Waals surface area (Å²) in [5, 5.41) is 12.9. The van der Waals surface area contributed by atoms with Gasteiger partial charge in [-0.15, -0.1) is 0 Å². The molecule has 4 saturated carbocycles. The van der Waals surface area contributed by atoms with Gasteiger partial charge in [-0.3, -0.25) is 0 Å². The Bertz CT molecular complexity index is 697. The van der Waals surface area contributed by atoms with E-state index in [9.17, 15) is 9.90 Å². The monoisotopic (exact) mass is 345 g/mol. The molecule has 134 valence electrons. The van der Waals surface area contributed by atoms with Gasteiger partial charge in [0.1, 0.15) is 5.75 Å². The predicted molar refractivity (Wildman–Crippen MR) is 89.6 cm³/mol. The standard InChI is InChI=1S/C19H23NO5/c1-23-14-2-3-15-16(7-14)24-19(20-15,17(21)22)25-18-8-11-4-12(9-18)6-13(5-11)10-18/h2-3,7,11-13,20H,4-6,8-10H2,1H3,(H,21,22). The first-order valence-electron chi connectivity index (χ1n) is 9.08. The highest BCUT2D eigenvalue weighted by molar-refractivity contribution is 5.83. The number of anilines is 1. The fourth-order valence-corrected chi connectivity index (χ4v) is 5.82. The molecule has 0 saturated heterocycles. The van der Waals surface area contributed by atoms with Crippen LogP contribution in [-0.4, -0.2) is 29.7 Å². The predicted octanol–water partition coefficient (Wildman–Crippen LogP) is 3.22. The summed E-state index contributed by atoms with van der Waals surface area (Å²) in [6, 6.07) is 5.23. The maximum atomic E-state index is 12.1. The molecule has 1 aromatic carbocycles. The number of hydrogen-bond acceptors (Lipinski definition) is 5. The van der Waals surface area contributed by atoms with E-state index in [0.717, 1.165) is 19.3 Å². The Labute approximate surface area is 146 Å². The van der Waals surface area contributed by atoms with E-state index < -0.39 is 11.9 Å². The second kappa shape index (κ2) is 5.04. The molecule has 4 bridgehead atoms. The van der Waals surface area contributed by atoms with E-state index in [2.05, 4.69) is 5.32 Å². The first-order chi connectivity index (χ1) is 12.0. The van der Waals surface area contributed by atoms with Crippen LogP contribution in [0.2, 0.25) is 0 Å². The minimum atomic E-state index is -1.85. The quantitative estimate of drug-likeness (QED) is 0.872. The lowest BCUT2D eigenvalue weighted by atomic mass is 9.54. The average molecular weight is 345 g/mol. The van der Waals surface area contributed by atoms with Crippen LogP contribution >= 0.6 is 0 Å². The molecule has 4 fully saturated rings. The van der Waals surface area contributed by atoms with Gasteiger partial charge in [0, 0.05) is 6.07 Å². The molecule has 1 atom stereocenters. The van der Waals surface area contributed by atoms with Crippen LogP contribution in [0.15, 0.2) is 18.2 Å². The average Bonchev–Trinajstić information content (AvgIpc) is 2.91. The second-order valence-corrected chi connectivity index (χ2v) is 8.21. The van der Waals surface area contributed by atoms with E-state index >= 15 is 0 Å². The van der Waals surface area contributed by atoms with Crippen molar-refractivity contribution in [3.05, 3.63) is 18.2 Å². The lowest BCUT2D eigenvalue weighted by Gasteiger charge is -2.57. The van der Waals surface area contributed by atoms with Crippen molar-refractivity contribution in [3.63, 3.8) is 0 Å². The summed E-state index contributed by atoms with van der Waals surface area (Å²) in [5.74, 6) is 0.0877. The van der Waals surface area contributed by atoms with Crippen LogP contribution in [0, 0.1) is 17.8 Å². The highest BCUT2D eigenvalue weighted by Crippen LogP contribution is 2.58. The third-order valence-corrected chi connectivity index (χ3v) is 6.37. The Morgan fingerprint density at radius 3 is 2.40 bits per heavy atom. The van der Waals surface area contributed by atoms with Crippen molar-refractivity contribution in [3.8, 4) is 11.5 Å². The van der Waals surface area contributed by atoms with Crippen molar-refractivity contribution in [2.75, 3.05) is 12.4 Å². The molecule has 25 heavy (non-hydrogen) atoms. The summed E-state index contributed by atoms with van der Waals surface area (Å²) < 4.78 is 17.4. The molecule has 5 aliphatic rings. The van der Waals surface area contributed by atoms with Crippen LogP contribution in [0.4, 0.5) is 5.69 Å². The molecule has 0 aromatic heterocycles. The SMILES string of the molecule is COc1ccc2c(c1)OC(OC13CC4CC(CC(C4)C1)C3)(C(=O)O)N2. The fourth-order valence-electron chi connectivity index (χ4n) is 5.82. The van der Waals surface area contributed by atoms with E-state index in [1.807, 2.05) is 0 Å². The van der Waals surface area contributed by atoms with Crippen molar-refractivity contribution in [2.24, 2.45) is 17.8 Å². The van der Waals surface area contributed by atoms with Gasteiger partial charge in [-0.25, -0.2) is 4.79 Å². The minimum absolute atomic E-state index is 0.383. The Morgan fingerprint density at radius 2 is 1.84 bits per heavy atom. The Kier molecular flexibility index (Phi) is 3.08. The highest BCUT2D eigenvalue weighted by atomic mass is 16.8. The highest BCUT2D eigenvalue weighted by Gasteiger charge is 2.59. The van der Waals surface area contributed by atoms with Crippen LogP contribution in [0.1, 0.15) is 38.5 Å². The van der Waals surface area contributed by atoms with Crippen LogP contribution < -0.4 is 14.8 Å². The van der Waals surface area contributed by atoms with E-state index in [1.54, 1.807) is 25.3 Å². The number of rotatable bonds is 4. The van der Waals surface area contributed by atoms with Crippen LogP contribution in [0.3, 0.4) is 0 Å². The molecule has 0 radical (unpaired) electrons. The Balaban J connectivity index is 1.46. The molecule has 0 spiro atoms. The van der Waals surface area contributed by atoms with Gasteiger partial charge in [-0.05, 0) is 68.4 Å². The van der Waals surface area contributed by atoms with Crippen LogP contribution in [0.25, 0.3) is 0 Å². The third-order valence-electron chi connectivity index (χ3n) is 6.37. The maximum Gasteiger partial charge on any atom is 0.401 e.